The second-order valence-electron chi connectivity index (χ2n) is 4.91. The first-order valence-electron chi connectivity index (χ1n) is 6.53. The Bertz CT molecular complexity index is 577. The van der Waals surface area contributed by atoms with Gasteiger partial charge in [0.1, 0.15) is 0 Å². The predicted octanol–water partition coefficient (Wildman–Crippen LogP) is 2.39. The van der Waals surface area contributed by atoms with E-state index in [0.717, 1.165) is 6.26 Å². The summed E-state index contributed by atoms with van der Waals surface area (Å²) < 4.78 is 23.4. The fourth-order valence-corrected chi connectivity index (χ4v) is 2.94. The van der Waals surface area contributed by atoms with Crippen LogP contribution < -0.4 is 5.32 Å². The molecule has 0 bridgehead atoms. The van der Waals surface area contributed by atoms with Crippen LogP contribution in [0, 0.1) is 5.41 Å². The molecule has 0 amide bonds. The molecule has 20 heavy (non-hydrogen) atoms. The van der Waals surface area contributed by atoms with E-state index < -0.39 is 21.2 Å². The van der Waals surface area contributed by atoms with Crippen molar-refractivity contribution < 1.29 is 18.3 Å². The van der Waals surface area contributed by atoms with Crippen LogP contribution in [0.5, 0.6) is 0 Å². The second-order valence-corrected chi connectivity index (χ2v) is 6.90. The van der Waals surface area contributed by atoms with Gasteiger partial charge < -0.3 is 10.4 Å². The lowest BCUT2D eigenvalue weighted by Crippen LogP contribution is -2.37. The van der Waals surface area contributed by atoms with Crippen LogP contribution in [0.4, 0.5) is 5.69 Å². The Morgan fingerprint density at radius 2 is 1.80 bits per heavy atom. The largest absolute Gasteiger partial charge is 0.481 e. The summed E-state index contributed by atoms with van der Waals surface area (Å²) in [5.41, 5.74) is -0.438. The van der Waals surface area contributed by atoms with Crippen LogP contribution >= 0.6 is 0 Å². The molecule has 0 heterocycles. The van der Waals surface area contributed by atoms with Gasteiger partial charge in [-0.25, -0.2) is 8.42 Å². The minimum absolute atomic E-state index is 0.187. The molecular formula is C14H21NO4S. The summed E-state index contributed by atoms with van der Waals surface area (Å²) in [5.74, 6) is -0.869. The van der Waals surface area contributed by atoms with Gasteiger partial charge in [0, 0.05) is 12.8 Å². The van der Waals surface area contributed by atoms with E-state index in [9.17, 15) is 18.3 Å². The molecule has 0 aliphatic rings. The number of carboxylic acid groups (broad SMARTS) is 1. The predicted molar refractivity (Wildman–Crippen MR) is 78.7 cm³/mol. The smallest absolute Gasteiger partial charge is 0.311 e. The first-order chi connectivity index (χ1) is 9.27. The van der Waals surface area contributed by atoms with E-state index in [0.29, 0.717) is 18.5 Å². The quantitative estimate of drug-likeness (QED) is 0.807. The van der Waals surface area contributed by atoms with Gasteiger partial charge in [-0.05, 0) is 25.0 Å². The molecule has 0 aliphatic carbocycles. The molecule has 0 radical (unpaired) electrons. The highest BCUT2D eigenvalue weighted by Gasteiger charge is 2.34. The second kappa shape index (κ2) is 6.26. The van der Waals surface area contributed by atoms with Gasteiger partial charge in [-0.1, -0.05) is 26.0 Å². The molecular weight excluding hydrogens is 278 g/mol. The average Bonchev–Trinajstić information content (AvgIpc) is 2.39. The van der Waals surface area contributed by atoms with Crippen LogP contribution in [0.15, 0.2) is 29.2 Å². The number of hydrogen-bond acceptors (Lipinski definition) is 4. The summed E-state index contributed by atoms with van der Waals surface area (Å²) in [5, 5.41) is 12.4. The van der Waals surface area contributed by atoms with Crippen molar-refractivity contribution in [1.82, 2.24) is 0 Å². The van der Waals surface area contributed by atoms with Gasteiger partial charge in [0.05, 0.1) is 16.0 Å². The van der Waals surface area contributed by atoms with Crippen molar-refractivity contribution in [2.45, 2.75) is 31.6 Å². The molecule has 112 valence electrons. The van der Waals surface area contributed by atoms with E-state index in [1.807, 2.05) is 13.8 Å². The molecule has 5 nitrogen and oxygen atoms in total. The van der Waals surface area contributed by atoms with Crippen molar-refractivity contribution in [2.75, 3.05) is 18.1 Å². The Hall–Kier alpha value is -1.56. The highest BCUT2D eigenvalue weighted by atomic mass is 32.2. The molecule has 0 atom stereocenters. The first-order valence-corrected chi connectivity index (χ1v) is 8.42. The van der Waals surface area contributed by atoms with E-state index in [4.69, 9.17) is 0 Å². The Kier molecular flexibility index (Phi) is 5.16. The van der Waals surface area contributed by atoms with Crippen molar-refractivity contribution >= 4 is 21.5 Å². The van der Waals surface area contributed by atoms with Crippen LogP contribution in [0.25, 0.3) is 0 Å². The van der Waals surface area contributed by atoms with E-state index in [1.165, 1.54) is 6.07 Å². The number of para-hydroxylation sites is 1. The zero-order valence-electron chi connectivity index (χ0n) is 12.0. The van der Waals surface area contributed by atoms with Gasteiger partial charge in [0.2, 0.25) is 0 Å². The number of benzene rings is 1. The van der Waals surface area contributed by atoms with E-state index in [2.05, 4.69) is 5.32 Å². The van der Waals surface area contributed by atoms with Gasteiger partial charge in [-0.3, -0.25) is 4.79 Å². The lowest BCUT2D eigenvalue weighted by molar-refractivity contribution is -0.148. The van der Waals surface area contributed by atoms with Crippen LogP contribution in [0.1, 0.15) is 26.7 Å². The third-order valence-corrected chi connectivity index (χ3v) is 4.87. The number of anilines is 1. The maximum absolute atomic E-state index is 11.7. The number of carboxylic acids is 1. The molecule has 1 aromatic rings. The number of nitrogens with one attached hydrogen (secondary N) is 1. The molecule has 0 spiro atoms. The first kappa shape index (κ1) is 16.5. The SMILES string of the molecule is CCC(CC)(CNc1ccccc1S(C)(=O)=O)C(=O)O. The van der Waals surface area contributed by atoms with Gasteiger partial charge in [-0.15, -0.1) is 0 Å². The molecule has 0 aromatic heterocycles. The number of aliphatic carboxylic acids is 1. The summed E-state index contributed by atoms with van der Waals surface area (Å²) in [6.45, 7) is 3.84. The van der Waals surface area contributed by atoms with E-state index >= 15 is 0 Å². The van der Waals surface area contributed by atoms with Crippen molar-refractivity contribution in [2.24, 2.45) is 5.41 Å². The molecule has 0 saturated heterocycles. The summed E-state index contributed by atoms with van der Waals surface area (Å²) in [6.07, 6.45) is 2.09. The minimum atomic E-state index is -3.34. The van der Waals surface area contributed by atoms with Crippen LogP contribution in [-0.4, -0.2) is 32.3 Å². The van der Waals surface area contributed by atoms with Gasteiger partial charge in [0.15, 0.2) is 9.84 Å². The lowest BCUT2D eigenvalue weighted by Gasteiger charge is -2.27. The normalized spacial score (nSPS) is 12.2. The Balaban J connectivity index is 3.04. The summed E-state index contributed by atoms with van der Waals surface area (Å²) in [4.78, 5) is 11.6. The Morgan fingerprint density at radius 3 is 2.25 bits per heavy atom. The Labute approximate surface area is 119 Å². The topological polar surface area (TPSA) is 83.5 Å². The third kappa shape index (κ3) is 3.50. The molecule has 1 aromatic carbocycles. The zero-order valence-corrected chi connectivity index (χ0v) is 12.8. The average molecular weight is 299 g/mol. The van der Waals surface area contributed by atoms with Crippen LogP contribution in [0.3, 0.4) is 0 Å². The van der Waals surface area contributed by atoms with Gasteiger partial charge in [-0.2, -0.15) is 0 Å². The van der Waals surface area contributed by atoms with E-state index in [-0.39, 0.29) is 11.4 Å². The van der Waals surface area contributed by atoms with Gasteiger partial charge in [0.25, 0.3) is 0 Å². The fourth-order valence-electron chi connectivity index (χ4n) is 2.08. The summed E-state index contributed by atoms with van der Waals surface area (Å²) in [6, 6.07) is 6.52. The monoisotopic (exact) mass is 299 g/mol. The highest BCUT2D eigenvalue weighted by molar-refractivity contribution is 7.90. The highest BCUT2D eigenvalue weighted by Crippen LogP contribution is 2.29. The number of rotatable bonds is 7. The number of carbonyl (C=O) groups is 1. The molecule has 2 N–H and O–H groups in total. The maximum atomic E-state index is 11.7. The van der Waals surface area contributed by atoms with Gasteiger partial charge >= 0.3 is 5.97 Å². The molecule has 0 fully saturated rings. The number of hydrogen-bond donors (Lipinski definition) is 2. The molecule has 0 aliphatic heterocycles. The summed E-state index contributed by atoms with van der Waals surface area (Å²) >= 11 is 0. The summed E-state index contributed by atoms with van der Waals surface area (Å²) in [7, 11) is -3.34. The van der Waals surface area contributed by atoms with Crippen molar-refractivity contribution in [3.8, 4) is 0 Å². The zero-order chi connectivity index (χ0) is 15.4. The third-order valence-electron chi connectivity index (χ3n) is 3.71. The fraction of sp³-hybridized carbons (Fsp3) is 0.500. The molecule has 0 unspecified atom stereocenters. The standard InChI is InChI=1S/C14H21NO4S/c1-4-14(5-2,13(16)17)10-15-11-8-6-7-9-12(11)20(3,18)19/h6-9,15H,4-5,10H2,1-3H3,(H,16,17). The minimum Gasteiger partial charge on any atom is -0.481 e. The van der Waals surface area contributed by atoms with E-state index in [1.54, 1.807) is 18.2 Å². The van der Waals surface area contributed by atoms with Crippen molar-refractivity contribution in [3.05, 3.63) is 24.3 Å². The number of sulfone groups is 1. The van der Waals surface area contributed by atoms with Crippen LogP contribution in [0.2, 0.25) is 0 Å². The van der Waals surface area contributed by atoms with Crippen LogP contribution in [-0.2, 0) is 14.6 Å². The maximum Gasteiger partial charge on any atom is 0.311 e. The Morgan fingerprint density at radius 1 is 1.25 bits per heavy atom. The molecule has 6 heteroatoms. The lowest BCUT2D eigenvalue weighted by atomic mass is 9.82. The van der Waals surface area contributed by atoms with Crippen molar-refractivity contribution in [1.29, 1.82) is 0 Å². The molecule has 1 rings (SSSR count). The van der Waals surface area contributed by atoms with Crippen molar-refractivity contribution in [3.63, 3.8) is 0 Å². The molecule has 0 saturated carbocycles.